The second-order valence-corrected chi connectivity index (χ2v) is 5.96. The highest BCUT2D eigenvalue weighted by Gasteiger charge is 2.17. The standard InChI is InChI=1S/C16H12N4S/c1-10-6-8-11(9-7-10)14-12-4-2-3-5-13(12)21-15(14)16-17-19-20-18-16/h2-9H,1H3,(H,17,18,19,20). The molecule has 0 aliphatic carbocycles. The maximum absolute atomic E-state index is 4.15. The number of nitrogens with one attached hydrogen (secondary N) is 1. The first-order valence-electron chi connectivity index (χ1n) is 6.65. The van der Waals surface area contributed by atoms with E-state index in [1.807, 2.05) is 0 Å². The number of aromatic nitrogens is 4. The van der Waals surface area contributed by atoms with Gasteiger partial charge < -0.3 is 0 Å². The number of hydrogen-bond donors (Lipinski definition) is 1. The zero-order valence-corrected chi connectivity index (χ0v) is 12.2. The van der Waals surface area contributed by atoms with Crippen molar-refractivity contribution in [2.24, 2.45) is 0 Å². The molecule has 102 valence electrons. The first-order valence-corrected chi connectivity index (χ1v) is 7.47. The lowest BCUT2D eigenvalue weighted by Crippen LogP contribution is -1.83. The van der Waals surface area contributed by atoms with Crippen LogP contribution in [0.5, 0.6) is 0 Å². The predicted octanol–water partition coefficient (Wildman–Crippen LogP) is 4.06. The van der Waals surface area contributed by atoms with E-state index in [4.69, 9.17) is 0 Å². The van der Waals surface area contributed by atoms with Crippen LogP contribution < -0.4 is 0 Å². The number of rotatable bonds is 2. The number of fused-ring (bicyclic) bond motifs is 1. The van der Waals surface area contributed by atoms with Crippen molar-refractivity contribution in [1.29, 1.82) is 0 Å². The molecule has 0 amide bonds. The summed E-state index contributed by atoms with van der Waals surface area (Å²) in [6, 6.07) is 16.9. The van der Waals surface area contributed by atoms with Gasteiger partial charge in [-0.05, 0) is 23.8 Å². The van der Waals surface area contributed by atoms with Crippen molar-refractivity contribution in [3.8, 4) is 21.8 Å². The number of aromatic amines is 1. The molecule has 5 heteroatoms. The molecular weight excluding hydrogens is 280 g/mol. The number of tetrazole rings is 1. The Morgan fingerprint density at radius 2 is 1.81 bits per heavy atom. The molecule has 0 aliphatic heterocycles. The molecule has 4 rings (SSSR count). The highest BCUT2D eigenvalue weighted by molar-refractivity contribution is 7.23. The summed E-state index contributed by atoms with van der Waals surface area (Å²) in [5.41, 5.74) is 3.61. The zero-order valence-electron chi connectivity index (χ0n) is 11.4. The molecule has 4 aromatic rings. The summed E-state index contributed by atoms with van der Waals surface area (Å²) in [5, 5.41) is 15.7. The molecule has 0 spiro atoms. The summed E-state index contributed by atoms with van der Waals surface area (Å²) in [5.74, 6) is 0.645. The Balaban J connectivity index is 2.05. The fraction of sp³-hybridized carbons (Fsp3) is 0.0625. The Hall–Kier alpha value is -2.53. The van der Waals surface area contributed by atoms with E-state index in [-0.39, 0.29) is 0 Å². The fourth-order valence-electron chi connectivity index (χ4n) is 2.47. The van der Waals surface area contributed by atoms with E-state index in [0.29, 0.717) is 5.82 Å². The van der Waals surface area contributed by atoms with E-state index in [1.54, 1.807) is 11.3 Å². The molecule has 0 unspecified atom stereocenters. The van der Waals surface area contributed by atoms with Crippen molar-refractivity contribution in [2.45, 2.75) is 6.92 Å². The third-order valence-corrected chi connectivity index (χ3v) is 4.65. The Labute approximate surface area is 125 Å². The number of benzene rings is 2. The van der Waals surface area contributed by atoms with Gasteiger partial charge in [-0.2, -0.15) is 5.21 Å². The van der Waals surface area contributed by atoms with E-state index in [2.05, 4.69) is 76.1 Å². The molecule has 0 atom stereocenters. The van der Waals surface area contributed by atoms with Gasteiger partial charge in [-0.1, -0.05) is 48.0 Å². The maximum atomic E-state index is 4.15. The maximum Gasteiger partial charge on any atom is 0.215 e. The van der Waals surface area contributed by atoms with Gasteiger partial charge in [0.25, 0.3) is 0 Å². The summed E-state index contributed by atoms with van der Waals surface area (Å²) in [6.07, 6.45) is 0. The van der Waals surface area contributed by atoms with Gasteiger partial charge in [0.1, 0.15) is 0 Å². The molecule has 2 heterocycles. The molecule has 0 radical (unpaired) electrons. The van der Waals surface area contributed by atoms with Gasteiger partial charge in [0, 0.05) is 15.6 Å². The molecular formula is C16H12N4S. The molecule has 21 heavy (non-hydrogen) atoms. The molecule has 2 aromatic carbocycles. The summed E-state index contributed by atoms with van der Waals surface area (Å²) in [7, 11) is 0. The fourth-order valence-corrected chi connectivity index (χ4v) is 3.62. The average molecular weight is 292 g/mol. The van der Waals surface area contributed by atoms with E-state index < -0.39 is 0 Å². The van der Waals surface area contributed by atoms with Crippen LogP contribution in [0.4, 0.5) is 0 Å². The Morgan fingerprint density at radius 3 is 2.57 bits per heavy atom. The first-order chi connectivity index (χ1) is 10.3. The highest BCUT2D eigenvalue weighted by Crippen LogP contribution is 2.43. The van der Waals surface area contributed by atoms with Gasteiger partial charge in [-0.15, -0.1) is 21.5 Å². The van der Waals surface area contributed by atoms with Gasteiger partial charge in [-0.25, -0.2) is 0 Å². The Kier molecular flexibility index (Phi) is 2.79. The molecule has 2 aromatic heterocycles. The van der Waals surface area contributed by atoms with Crippen molar-refractivity contribution < 1.29 is 0 Å². The van der Waals surface area contributed by atoms with Crippen LogP contribution in [0.25, 0.3) is 31.9 Å². The monoisotopic (exact) mass is 292 g/mol. The zero-order chi connectivity index (χ0) is 14.2. The van der Waals surface area contributed by atoms with Crippen LogP contribution in [0.3, 0.4) is 0 Å². The summed E-state index contributed by atoms with van der Waals surface area (Å²) < 4.78 is 1.23. The Bertz CT molecular complexity index is 892. The van der Waals surface area contributed by atoms with Crippen molar-refractivity contribution >= 4 is 21.4 Å². The van der Waals surface area contributed by atoms with Crippen LogP contribution in [0.15, 0.2) is 48.5 Å². The molecule has 0 bridgehead atoms. The second-order valence-electron chi connectivity index (χ2n) is 4.90. The van der Waals surface area contributed by atoms with Crippen molar-refractivity contribution in [1.82, 2.24) is 20.6 Å². The lowest BCUT2D eigenvalue weighted by Gasteiger charge is -2.03. The van der Waals surface area contributed by atoms with Gasteiger partial charge >= 0.3 is 0 Å². The summed E-state index contributed by atoms with van der Waals surface area (Å²) in [6.45, 7) is 2.09. The van der Waals surface area contributed by atoms with Gasteiger partial charge in [0.15, 0.2) is 0 Å². The van der Waals surface area contributed by atoms with Crippen LogP contribution in [0.2, 0.25) is 0 Å². The highest BCUT2D eigenvalue weighted by atomic mass is 32.1. The SMILES string of the molecule is Cc1ccc(-c2c(-c3nn[nH]n3)sc3ccccc23)cc1. The van der Waals surface area contributed by atoms with Crippen LogP contribution in [-0.4, -0.2) is 20.6 Å². The molecule has 0 saturated carbocycles. The van der Waals surface area contributed by atoms with Gasteiger partial charge in [0.2, 0.25) is 5.82 Å². The van der Waals surface area contributed by atoms with Crippen LogP contribution >= 0.6 is 11.3 Å². The van der Waals surface area contributed by atoms with Crippen LogP contribution in [0, 0.1) is 6.92 Å². The van der Waals surface area contributed by atoms with Gasteiger partial charge in [-0.3, -0.25) is 0 Å². The third kappa shape index (κ3) is 2.02. The lowest BCUT2D eigenvalue weighted by molar-refractivity contribution is 0.881. The summed E-state index contributed by atoms with van der Waals surface area (Å²) in [4.78, 5) is 1.05. The van der Waals surface area contributed by atoms with Crippen molar-refractivity contribution in [3.63, 3.8) is 0 Å². The number of H-pyrrole nitrogens is 1. The van der Waals surface area contributed by atoms with E-state index >= 15 is 0 Å². The minimum Gasteiger partial charge on any atom is -0.177 e. The average Bonchev–Trinajstić information content (AvgIpc) is 3.15. The molecule has 4 nitrogen and oxygen atoms in total. The van der Waals surface area contributed by atoms with E-state index in [9.17, 15) is 0 Å². The number of nitrogens with zero attached hydrogens (tertiary/aromatic N) is 3. The first kappa shape index (κ1) is 12.2. The molecule has 0 aliphatic rings. The normalized spacial score (nSPS) is 11.1. The van der Waals surface area contributed by atoms with E-state index in [0.717, 1.165) is 4.88 Å². The smallest absolute Gasteiger partial charge is 0.177 e. The van der Waals surface area contributed by atoms with E-state index in [1.165, 1.54) is 26.8 Å². The third-order valence-electron chi connectivity index (χ3n) is 3.48. The minimum absolute atomic E-state index is 0.645. The van der Waals surface area contributed by atoms with Crippen molar-refractivity contribution in [3.05, 3.63) is 54.1 Å². The van der Waals surface area contributed by atoms with Crippen molar-refractivity contribution in [2.75, 3.05) is 0 Å². The summed E-state index contributed by atoms with van der Waals surface area (Å²) >= 11 is 1.70. The number of thiophene rings is 1. The lowest BCUT2D eigenvalue weighted by atomic mass is 10.0. The molecule has 1 N–H and O–H groups in total. The number of aryl methyl sites for hydroxylation is 1. The van der Waals surface area contributed by atoms with Crippen LogP contribution in [0.1, 0.15) is 5.56 Å². The molecule has 0 fully saturated rings. The largest absolute Gasteiger partial charge is 0.215 e. The Morgan fingerprint density at radius 1 is 1.00 bits per heavy atom. The number of hydrogen-bond acceptors (Lipinski definition) is 4. The quantitative estimate of drug-likeness (QED) is 0.606. The van der Waals surface area contributed by atoms with Crippen LogP contribution in [-0.2, 0) is 0 Å². The topological polar surface area (TPSA) is 54.5 Å². The van der Waals surface area contributed by atoms with Gasteiger partial charge in [0.05, 0.1) is 4.88 Å². The molecule has 0 saturated heterocycles. The predicted molar refractivity (Wildman–Crippen MR) is 85.2 cm³/mol. The second kappa shape index (κ2) is 4.79. The minimum atomic E-state index is 0.645.